The van der Waals surface area contributed by atoms with E-state index >= 15 is 0 Å². The molecule has 9 heteroatoms. The maximum Gasteiger partial charge on any atom is 0.243 e. The van der Waals surface area contributed by atoms with Gasteiger partial charge in [-0.3, -0.25) is 10.2 Å². The van der Waals surface area contributed by atoms with E-state index < -0.39 is 0 Å². The number of hydrazine groups is 1. The number of amides is 1. The highest BCUT2D eigenvalue weighted by Crippen LogP contribution is 2.14. The maximum absolute atomic E-state index is 11.8. The number of carbonyl (C=O) groups excluding carboxylic acids is 1. The van der Waals surface area contributed by atoms with E-state index in [2.05, 4.69) is 20.4 Å². The predicted octanol–water partition coefficient (Wildman–Crippen LogP) is -0.862. The standard InChI is InChI=1S/C11H22N8O/c1-6-19(7-8(20)17(2)3)11-14-9(16-12)13-10(15-11)18(4)5/h6-7,12H2,1-5H3,(H,13,14,15,16). The van der Waals surface area contributed by atoms with Crippen LogP contribution in [0.15, 0.2) is 0 Å². The summed E-state index contributed by atoms with van der Waals surface area (Å²) < 4.78 is 0. The quantitative estimate of drug-likeness (QED) is 0.513. The van der Waals surface area contributed by atoms with Gasteiger partial charge in [-0.2, -0.15) is 15.0 Å². The van der Waals surface area contributed by atoms with E-state index in [1.54, 1.807) is 23.9 Å². The van der Waals surface area contributed by atoms with Crippen LogP contribution in [0.1, 0.15) is 6.92 Å². The van der Waals surface area contributed by atoms with Gasteiger partial charge in [0.2, 0.25) is 23.8 Å². The summed E-state index contributed by atoms with van der Waals surface area (Å²) in [6.45, 7) is 2.72. The van der Waals surface area contributed by atoms with Gasteiger partial charge in [0.1, 0.15) is 0 Å². The third kappa shape index (κ3) is 3.92. The smallest absolute Gasteiger partial charge is 0.243 e. The van der Waals surface area contributed by atoms with Gasteiger partial charge >= 0.3 is 0 Å². The molecular formula is C11H22N8O. The Bertz CT molecular complexity index is 462. The minimum absolute atomic E-state index is 0.0269. The largest absolute Gasteiger partial charge is 0.347 e. The second-order valence-corrected chi connectivity index (χ2v) is 4.60. The van der Waals surface area contributed by atoms with Gasteiger partial charge < -0.3 is 14.7 Å². The van der Waals surface area contributed by atoms with Crippen molar-refractivity contribution in [2.45, 2.75) is 6.92 Å². The molecule has 0 radical (unpaired) electrons. The molecule has 0 aliphatic heterocycles. The molecule has 0 aromatic carbocycles. The molecule has 1 amide bonds. The van der Waals surface area contributed by atoms with Crippen LogP contribution in [0, 0.1) is 0 Å². The Morgan fingerprint density at radius 2 is 1.75 bits per heavy atom. The lowest BCUT2D eigenvalue weighted by atomic mass is 10.4. The van der Waals surface area contributed by atoms with Gasteiger partial charge in [0.05, 0.1) is 6.54 Å². The number of carbonyl (C=O) groups is 1. The minimum Gasteiger partial charge on any atom is -0.347 e. The molecule has 0 atom stereocenters. The van der Waals surface area contributed by atoms with E-state index in [4.69, 9.17) is 5.84 Å². The third-order valence-electron chi connectivity index (χ3n) is 2.63. The van der Waals surface area contributed by atoms with Crippen molar-refractivity contribution < 1.29 is 4.79 Å². The van der Waals surface area contributed by atoms with E-state index in [9.17, 15) is 4.79 Å². The molecule has 0 aliphatic carbocycles. The van der Waals surface area contributed by atoms with E-state index in [0.717, 1.165) is 0 Å². The lowest BCUT2D eigenvalue weighted by Gasteiger charge is -2.23. The highest BCUT2D eigenvalue weighted by atomic mass is 16.2. The molecule has 0 fully saturated rings. The second kappa shape index (κ2) is 6.85. The van der Waals surface area contributed by atoms with Crippen molar-refractivity contribution in [3.63, 3.8) is 0 Å². The first-order chi connectivity index (χ1) is 9.38. The number of aromatic nitrogens is 3. The first-order valence-corrected chi connectivity index (χ1v) is 6.24. The molecule has 1 aromatic rings. The van der Waals surface area contributed by atoms with Crippen LogP contribution in [0.5, 0.6) is 0 Å². The van der Waals surface area contributed by atoms with Crippen LogP contribution in [-0.2, 0) is 4.79 Å². The van der Waals surface area contributed by atoms with Crippen LogP contribution >= 0.6 is 0 Å². The first-order valence-electron chi connectivity index (χ1n) is 6.24. The fourth-order valence-electron chi connectivity index (χ4n) is 1.39. The summed E-state index contributed by atoms with van der Waals surface area (Å²) in [5.41, 5.74) is 2.41. The Morgan fingerprint density at radius 1 is 1.15 bits per heavy atom. The fourth-order valence-corrected chi connectivity index (χ4v) is 1.39. The molecule has 0 bridgehead atoms. The molecule has 0 aliphatic rings. The zero-order valence-corrected chi connectivity index (χ0v) is 12.6. The third-order valence-corrected chi connectivity index (χ3v) is 2.63. The van der Waals surface area contributed by atoms with E-state index in [0.29, 0.717) is 18.4 Å². The number of nitrogens with two attached hydrogens (primary N) is 1. The van der Waals surface area contributed by atoms with Gasteiger partial charge in [-0.15, -0.1) is 0 Å². The topological polar surface area (TPSA) is 104 Å². The number of rotatable bonds is 6. The van der Waals surface area contributed by atoms with Crippen molar-refractivity contribution in [2.75, 3.05) is 56.5 Å². The molecule has 0 spiro atoms. The monoisotopic (exact) mass is 282 g/mol. The van der Waals surface area contributed by atoms with E-state index in [1.807, 2.05) is 21.0 Å². The van der Waals surface area contributed by atoms with Crippen LogP contribution in [0.25, 0.3) is 0 Å². The Balaban J connectivity index is 3.07. The van der Waals surface area contributed by atoms with Crippen LogP contribution in [0.3, 0.4) is 0 Å². The summed E-state index contributed by atoms with van der Waals surface area (Å²) in [5, 5.41) is 0. The van der Waals surface area contributed by atoms with Crippen LogP contribution in [0.4, 0.5) is 17.8 Å². The molecule has 9 nitrogen and oxygen atoms in total. The molecule has 0 unspecified atom stereocenters. The van der Waals surface area contributed by atoms with Gasteiger partial charge in [-0.1, -0.05) is 0 Å². The normalized spacial score (nSPS) is 10.1. The van der Waals surface area contributed by atoms with Crippen molar-refractivity contribution in [3.05, 3.63) is 0 Å². The summed E-state index contributed by atoms with van der Waals surface area (Å²) in [6.07, 6.45) is 0. The second-order valence-electron chi connectivity index (χ2n) is 4.60. The summed E-state index contributed by atoms with van der Waals surface area (Å²) in [5.74, 6) is 6.48. The van der Waals surface area contributed by atoms with E-state index in [1.165, 1.54) is 4.90 Å². The number of anilines is 3. The predicted molar refractivity (Wildman–Crippen MR) is 78.5 cm³/mol. The van der Waals surface area contributed by atoms with Crippen LogP contribution in [-0.4, -0.2) is 67.0 Å². The SMILES string of the molecule is CCN(CC(=O)N(C)C)c1nc(NN)nc(N(C)C)n1. The van der Waals surface area contributed by atoms with Crippen LogP contribution < -0.4 is 21.1 Å². The number of hydrogen-bond acceptors (Lipinski definition) is 8. The number of nitrogen functional groups attached to an aromatic ring is 1. The number of hydrogen-bond donors (Lipinski definition) is 2. The Kier molecular flexibility index (Phi) is 5.44. The summed E-state index contributed by atoms with van der Waals surface area (Å²) in [4.78, 5) is 29.5. The van der Waals surface area contributed by atoms with Gasteiger partial charge in [0, 0.05) is 34.7 Å². The van der Waals surface area contributed by atoms with Crippen molar-refractivity contribution in [2.24, 2.45) is 5.84 Å². The Labute approximate surface area is 118 Å². The summed E-state index contributed by atoms with van der Waals surface area (Å²) >= 11 is 0. The minimum atomic E-state index is -0.0269. The Hall–Kier alpha value is -2.16. The summed E-state index contributed by atoms with van der Waals surface area (Å²) in [6, 6.07) is 0. The molecular weight excluding hydrogens is 260 g/mol. The molecule has 3 N–H and O–H groups in total. The zero-order chi connectivity index (χ0) is 15.3. The van der Waals surface area contributed by atoms with E-state index in [-0.39, 0.29) is 18.4 Å². The van der Waals surface area contributed by atoms with Gasteiger partial charge in [0.25, 0.3) is 0 Å². The average Bonchev–Trinajstić information content (AvgIpc) is 2.43. The molecule has 20 heavy (non-hydrogen) atoms. The molecule has 0 saturated heterocycles. The highest BCUT2D eigenvalue weighted by molar-refractivity contribution is 5.80. The molecule has 112 valence electrons. The zero-order valence-electron chi connectivity index (χ0n) is 12.6. The number of likely N-dealkylation sites (N-methyl/N-ethyl adjacent to an activating group) is 2. The molecule has 1 heterocycles. The summed E-state index contributed by atoms with van der Waals surface area (Å²) in [7, 11) is 7.06. The van der Waals surface area contributed by atoms with Crippen molar-refractivity contribution in [1.29, 1.82) is 0 Å². The van der Waals surface area contributed by atoms with Gasteiger partial charge in [0.15, 0.2) is 0 Å². The lowest BCUT2D eigenvalue weighted by molar-refractivity contribution is -0.127. The number of nitrogens with zero attached hydrogens (tertiary/aromatic N) is 6. The van der Waals surface area contributed by atoms with Gasteiger partial charge in [-0.05, 0) is 6.92 Å². The average molecular weight is 282 g/mol. The van der Waals surface area contributed by atoms with Gasteiger partial charge in [-0.25, -0.2) is 5.84 Å². The lowest BCUT2D eigenvalue weighted by Crippen LogP contribution is -2.38. The fraction of sp³-hybridized carbons (Fsp3) is 0.636. The highest BCUT2D eigenvalue weighted by Gasteiger charge is 2.16. The molecule has 0 saturated carbocycles. The Morgan fingerprint density at radius 3 is 2.20 bits per heavy atom. The maximum atomic E-state index is 11.8. The molecule has 1 aromatic heterocycles. The number of nitrogens with one attached hydrogen (secondary N) is 1. The first kappa shape index (κ1) is 15.9. The molecule has 1 rings (SSSR count). The van der Waals surface area contributed by atoms with Crippen molar-refractivity contribution in [3.8, 4) is 0 Å². The van der Waals surface area contributed by atoms with Crippen LogP contribution in [0.2, 0.25) is 0 Å². The van der Waals surface area contributed by atoms with Crippen molar-refractivity contribution in [1.82, 2.24) is 19.9 Å². The van der Waals surface area contributed by atoms with Crippen molar-refractivity contribution >= 4 is 23.8 Å².